The zero-order chi connectivity index (χ0) is 12.7. The summed E-state index contributed by atoms with van der Waals surface area (Å²) in [6.07, 6.45) is 0.898. The number of carbonyl (C=O) groups is 2. The second-order valence-corrected chi connectivity index (χ2v) is 4.28. The molecule has 1 heterocycles. The molecule has 0 aromatic carbocycles. The molecule has 0 spiro atoms. The summed E-state index contributed by atoms with van der Waals surface area (Å²) in [4.78, 5) is 22.1. The largest absolute Gasteiger partial charge is 0.466 e. The van der Waals surface area contributed by atoms with Crippen molar-refractivity contribution in [2.75, 3.05) is 19.8 Å². The van der Waals surface area contributed by atoms with E-state index in [0.29, 0.717) is 32.2 Å². The van der Waals surface area contributed by atoms with Gasteiger partial charge in [0.15, 0.2) is 6.29 Å². The topological polar surface area (TPSA) is 61.8 Å². The van der Waals surface area contributed by atoms with E-state index >= 15 is 0 Å². The molecule has 1 unspecified atom stereocenters. The number of aldehydes is 1. The van der Waals surface area contributed by atoms with E-state index in [1.165, 1.54) is 0 Å². The van der Waals surface area contributed by atoms with Crippen LogP contribution in [-0.2, 0) is 23.8 Å². The van der Waals surface area contributed by atoms with Gasteiger partial charge in [-0.25, -0.2) is 0 Å². The second-order valence-electron chi connectivity index (χ2n) is 4.28. The van der Waals surface area contributed by atoms with Crippen molar-refractivity contribution in [2.45, 2.75) is 33.0 Å². The minimum Gasteiger partial charge on any atom is -0.466 e. The van der Waals surface area contributed by atoms with Crippen molar-refractivity contribution in [1.29, 1.82) is 0 Å². The molecule has 0 N–H and O–H groups in total. The fourth-order valence-corrected chi connectivity index (χ4v) is 1.65. The summed E-state index contributed by atoms with van der Waals surface area (Å²) >= 11 is 0. The van der Waals surface area contributed by atoms with E-state index in [9.17, 15) is 9.59 Å². The van der Waals surface area contributed by atoms with E-state index in [1.54, 1.807) is 6.92 Å². The lowest BCUT2D eigenvalue weighted by Gasteiger charge is -2.30. The lowest BCUT2D eigenvalue weighted by Crippen LogP contribution is -2.37. The molecule has 0 aromatic rings. The van der Waals surface area contributed by atoms with Crippen LogP contribution in [0.15, 0.2) is 0 Å². The molecule has 1 atom stereocenters. The Morgan fingerprint density at radius 3 is 2.65 bits per heavy atom. The lowest BCUT2D eigenvalue weighted by atomic mass is 10.0. The highest BCUT2D eigenvalue weighted by Gasteiger charge is 2.28. The zero-order valence-electron chi connectivity index (χ0n) is 10.4. The Hall–Kier alpha value is -0.940. The van der Waals surface area contributed by atoms with Crippen molar-refractivity contribution in [3.8, 4) is 0 Å². The van der Waals surface area contributed by atoms with E-state index in [2.05, 4.69) is 0 Å². The molecule has 0 radical (unpaired) electrons. The average Bonchev–Trinajstić information content (AvgIpc) is 2.32. The van der Waals surface area contributed by atoms with Crippen LogP contribution in [0.4, 0.5) is 0 Å². The first-order valence-corrected chi connectivity index (χ1v) is 6.01. The highest BCUT2D eigenvalue weighted by atomic mass is 16.7. The van der Waals surface area contributed by atoms with Crippen LogP contribution in [0.25, 0.3) is 0 Å². The van der Waals surface area contributed by atoms with Crippen LogP contribution in [0.1, 0.15) is 26.7 Å². The molecule has 0 bridgehead atoms. The van der Waals surface area contributed by atoms with E-state index in [0.717, 1.165) is 6.29 Å². The van der Waals surface area contributed by atoms with Crippen LogP contribution in [0.3, 0.4) is 0 Å². The number of hydrogen-bond acceptors (Lipinski definition) is 5. The van der Waals surface area contributed by atoms with E-state index < -0.39 is 12.2 Å². The maximum Gasteiger partial charge on any atom is 0.305 e. The van der Waals surface area contributed by atoms with Crippen LogP contribution in [0, 0.1) is 11.8 Å². The molecule has 5 heteroatoms. The summed E-state index contributed by atoms with van der Waals surface area (Å²) < 4.78 is 15.7. The van der Waals surface area contributed by atoms with Crippen LogP contribution < -0.4 is 0 Å². The molecule has 0 amide bonds. The van der Waals surface area contributed by atoms with Crippen LogP contribution >= 0.6 is 0 Å². The van der Waals surface area contributed by atoms with Crippen LogP contribution in [0.5, 0.6) is 0 Å². The molecule has 5 nitrogen and oxygen atoms in total. The average molecular weight is 244 g/mol. The third-order valence-electron chi connectivity index (χ3n) is 2.60. The molecule has 1 rings (SSSR count). The normalized spacial score (nSPS) is 26.2. The van der Waals surface area contributed by atoms with Gasteiger partial charge in [0.1, 0.15) is 6.29 Å². The van der Waals surface area contributed by atoms with Gasteiger partial charge in [-0.2, -0.15) is 0 Å². The van der Waals surface area contributed by atoms with Crippen LogP contribution in [0.2, 0.25) is 0 Å². The number of hydrogen-bond donors (Lipinski definition) is 0. The van der Waals surface area contributed by atoms with E-state index in [1.807, 2.05) is 6.92 Å². The Labute approximate surface area is 101 Å². The van der Waals surface area contributed by atoms with Gasteiger partial charge >= 0.3 is 5.97 Å². The Bertz CT molecular complexity index is 245. The number of rotatable bonds is 6. The van der Waals surface area contributed by atoms with Gasteiger partial charge in [-0.1, -0.05) is 6.92 Å². The maximum atomic E-state index is 11.2. The number of esters is 1. The highest BCUT2D eigenvalue weighted by Crippen LogP contribution is 2.20. The molecule has 1 fully saturated rings. The molecule has 98 valence electrons. The Balaban J connectivity index is 2.32. The summed E-state index contributed by atoms with van der Waals surface area (Å²) in [7, 11) is 0. The third-order valence-corrected chi connectivity index (χ3v) is 2.60. The number of ether oxygens (including phenoxy) is 3. The standard InChI is InChI=1S/C12H20O5/c1-3-15-11(14)5-4-10(6-13)12-16-7-9(2)8-17-12/h6,9-10,12H,3-5,7-8H2,1-2H3. The molecule has 1 saturated heterocycles. The smallest absolute Gasteiger partial charge is 0.305 e. The first-order valence-electron chi connectivity index (χ1n) is 6.01. The quantitative estimate of drug-likeness (QED) is 0.518. The molecular weight excluding hydrogens is 224 g/mol. The van der Waals surface area contributed by atoms with Gasteiger partial charge in [-0.05, 0) is 13.3 Å². The van der Waals surface area contributed by atoms with Gasteiger partial charge in [0, 0.05) is 12.3 Å². The van der Waals surface area contributed by atoms with Gasteiger partial charge in [-0.3, -0.25) is 4.79 Å². The molecule has 0 aliphatic carbocycles. The summed E-state index contributed by atoms with van der Waals surface area (Å²) in [5.74, 6) is -0.334. The molecule has 0 saturated carbocycles. The molecule has 0 aromatic heterocycles. The zero-order valence-corrected chi connectivity index (χ0v) is 10.4. The third kappa shape index (κ3) is 4.83. The second kappa shape index (κ2) is 7.40. The fraction of sp³-hybridized carbons (Fsp3) is 0.833. The molecular formula is C12H20O5. The monoisotopic (exact) mass is 244 g/mol. The van der Waals surface area contributed by atoms with Crippen molar-refractivity contribution in [2.24, 2.45) is 11.8 Å². The Morgan fingerprint density at radius 2 is 2.12 bits per heavy atom. The summed E-state index contributed by atoms with van der Waals surface area (Å²) in [6, 6.07) is 0. The fourth-order valence-electron chi connectivity index (χ4n) is 1.65. The summed E-state index contributed by atoms with van der Waals surface area (Å²) in [5, 5.41) is 0. The van der Waals surface area contributed by atoms with Crippen molar-refractivity contribution >= 4 is 12.3 Å². The lowest BCUT2D eigenvalue weighted by molar-refractivity contribution is -0.218. The predicted molar refractivity (Wildman–Crippen MR) is 60.3 cm³/mol. The van der Waals surface area contributed by atoms with E-state index in [4.69, 9.17) is 14.2 Å². The predicted octanol–water partition coefficient (Wildman–Crippen LogP) is 1.15. The Morgan fingerprint density at radius 1 is 1.47 bits per heavy atom. The summed E-state index contributed by atoms with van der Waals surface area (Å²) in [5.41, 5.74) is 0. The van der Waals surface area contributed by atoms with E-state index in [-0.39, 0.29) is 12.4 Å². The molecule has 17 heavy (non-hydrogen) atoms. The maximum absolute atomic E-state index is 11.2. The first kappa shape index (κ1) is 14.1. The highest BCUT2D eigenvalue weighted by molar-refractivity contribution is 5.70. The molecule has 1 aliphatic rings. The van der Waals surface area contributed by atoms with Gasteiger partial charge in [0.2, 0.25) is 0 Å². The van der Waals surface area contributed by atoms with Gasteiger partial charge in [-0.15, -0.1) is 0 Å². The van der Waals surface area contributed by atoms with Gasteiger partial charge in [0.25, 0.3) is 0 Å². The Kier molecular flexibility index (Phi) is 6.15. The van der Waals surface area contributed by atoms with Crippen molar-refractivity contribution in [1.82, 2.24) is 0 Å². The SMILES string of the molecule is CCOC(=O)CCC(C=O)C1OCC(C)CO1. The molecule has 1 aliphatic heterocycles. The van der Waals surface area contributed by atoms with Crippen LogP contribution in [-0.4, -0.2) is 38.4 Å². The van der Waals surface area contributed by atoms with Gasteiger partial charge in [0.05, 0.1) is 25.7 Å². The van der Waals surface area contributed by atoms with Crippen molar-refractivity contribution in [3.63, 3.8) is 0 Å². The number of carbonyl (C=O) groups excluding carboxylic acids is 2. The minimum atomic E-state index is -0.516. The van der Waals surface area contributed by atoms with Crippen molar-refractivity contribution in [3.05, 3.63) is 0 Å². The van der Waals surface area contributed by atoms with Gasteiger partial charge < -0.3 is 19.0 Å². The minimum absolute atomic E-state index is 0.218. The van der Waals surface area contributed by atoms with Crippen molar-refractivity contribution < 1.29 is 23.8 Å². The first-order chi connectivity index (χ1) is 8.17. The summed E-state index contributed by atoms with van der Waals surface area (Å²) in [6.45, 7) is 5.32.